The highest BCUT2D eigenvalue weighted by Crippen LogP contribution is 2.36. The lowest BCUT2D eigenvalue weighted by atomic mass is 9.78. The minimum atomic E-state index is -1.07. The molecule has 17 heteroatoms. The Bertz CT molecular complexity index is 3210. The first kappa shape index (κ1) is 76.7. The van der Waals surface area contributed by atoms with Crippen molar-refractivity contribution in [3.8, 4) is 0 Å². The maximum Gasteiger partial charge on any atom is 0.222 e. The van der Waals surface area contributed by atoms with Gasteiger partial charge >= 0.3 is 0 Å². The number of hydrogen-bond acceptors (Lipinski definition) is 9. The number of likely N-dealkylation sites (tertiary alicyclic amines) is 1. The second kappa shape index (κ2) is 35.9. The molecule has 6 unspecified atom stereocenters. The van der Waals surface area contributed by atoms with Crippen LogP contribution in [0.4, 0.5) is 17.6 Å². The van der Waals surface area contributed by atoms with Crippen molar-refractivity contribution in [3.63, 3.8) is 0 Å². The Morgan fingerprint density at radius 2 is 0.978 bits per heavy atom. The molecule has 2 fully saturated rings. The van der Waals surface area contributed by atoms with E-state index >= 15 is 0 Å². The third-order valence-corrected chi connectivity index (χ3v) is 16.7. The summed E-state index contributed by atoms with van der Waals surface area (Å²) in [7, 11) is 0. The minimum Gasteiger partial charge on any atom is -0.390 e. The van der Waals surface area contributed by atoms with Crippen molar-refractivity contribution < 1.29 is 47.0 Å². The van der Waals surface area contributed by atoms with Gasteiger partial charge in [0, 0.05) is 71.5 Å². The summed E-state index contributed by atoms with van der Waals surface area (Å²) < 4.78 is 55.2. The number of nitrogens with one attached hydrogen (secondary N) is 5. The zero-order valence-electron chi connectivity index (χ0n) is 52.8. The van der Waals surface area contributed by atoms with Gasteiger partial charge in [-0.05, 0) is 149 Å². The first-order chi connectivity index (χ1) is 42.1. The molecule has 496 valence electrons. The summed E-state index contributed by atoms with van der Waals surface area (Å²) in [6.07, 6.45) is 3.77. The smallest absolute Gasteiger partial charge is 0.222 e. The molecule has 0 radical (unpaired) electrons. The highest BCUT2D eigenvalue weighted by Gasteiger charge is 2.40. The Hall–Kier alpha value is -6.79. The summed E-state index contributed by atoms with van der Waals surface area (Å²) >= 11 is 5.19. The zero-order valence-corrected chi connectivity index (χ0v) is 53.6. The average molecular weight is 1280 g/mol. The van der Waals surface area contributed by atoms with Gasteiger partial charge in [0.1, 0.15) is 23.3 Å². The highest BCUT2D eigenvalue weighted by atomic mass is 35.5. The second-order valence-electron chi connectivity index (χ2n) is 25.8. The predicted molar refractivity (Wildman–Crippen MR) is 359 cm³/mol. The van der Waals surface area contributed by atoms with Crippen molar-refractivity contribution in [1.82, 2.24) is 31.5 Å². The minimum absolute atomic E-state index is 0. The van der Waals surface area contributed by atoms with E-state index in [1.54, 1.807) is 0 Å². The van der Waals surface area contributed by atoms with Crippen LogP contribution in [0.2, 0.25) is 0 Å². The van der Waals surface area contributed by atoms with Crippen LogP contribution in [0, 0.1) is 23.3 Å². The zero-order chi connectivity index (χ0) is 64.9. The molecule has 0 saturated carbocycles. The molecule has 91 heavy (non-hydrogen) atoms. The Labute approximate surface area is 543 Å². The predicted octanol–water partition coefficient (Wildman–Crippen LogP) is 12.6. The number of carbonyl (C=O) groups is 4. The summed E-state index contributed by atoms with van der Waals surface area (Å²) in [5.74, 6) is -3.39. The van der Waals surface area contributed by atoms with Crippen molar-refractivity contribution in [2.45, 2.75) is 181 Å². The molecule has 2 aliphatic rings. The Morgan fingerprint density at radius 3 is 1.38 bits per heavy atom. The van der Waals surface area contributed by atoms with Gasteiger partial charge in [-0.25, -0.2) is 17.6 Å². The van der Waals surface area contributed by atoms with Crippen LogP contribution in [-0.4, -0.2) is 102 Å². The lowest BCUT2D eigenvalue weighted by molar-refractivity contribution is -0.134. The number of piperidine rings is 2. The topological polar surface area (TPSA) is 172 Å². The Balaban J connectivity index is 0.000000333. The first-order valence-electron chi connectivity index (χ1n) is 30.9. The molecule has 2 aliphatic heterocycles. The number of hydrogen-bond donors (Lipinski definition) is 7. The Morgan fingerprint density at radius 1 is 0.560 bits per heavy atom. The van der Waals surface area contributed by atoms with Gasteiger partial charge in [0.2, 0.25) is 23.0 Å². The lowest BCUT2D eigenvalue weighted by Crippen LogP contribution is -2.59. The van der Waals surface area contributed by atoms with Crippen LogP contribution >= 0.6 is 11.6 Å². The third kappa shape index (κ3) is 24.6. The molecule has 3 amide bonds. The van der Waals surface area contributed by atoms with E-state index in [2.05, 4.69) is 111 Å². The summed E-state index contributed by atoms with van der Waals surface area (Å²) in [5.41, 5.74) is 6.47. The molecule has 0 bridgehead atoms. The number of carbonyl (C=O) groups excluding carboxylic acids is 4. The van der Waals surface area contributed by atoms with Crippen LogP contribution in [0.15, 0.2) is 146 Å². The first-order valence-corrected chi connectivity index (χ1v) is 31.3. The number of halogens is 5. The van der Waals surface area contributed by atoms with Crippen LogP contribution in [0.1, 0.15) is 153 Å². The van der Waals surface area contributed by atoms with Crippen molar-refractivity contribution in [2.75, 3.05) is 39.3 Å². The van der Waals surface area contributed by atoms with Crippen LogP contribution in [-0.2, 0) is 66.8 Å². The molecule has 0 aromatic heterocycles. The molecule has 6 aromatic carbocycles. The molecule has 7 N–H and O–H groups in total. The maximum absolute atomic E-state index is 13.9. The van der Waals surface area contributed by atoms with Gasteiger partial charge in [-0.2, -0.15) is 0 Å². The quantitative estimate of drug-likeness (QED) is 0.0258. The maximum atomic E-state index is 13.9. The fourth-order valence-corrected chi connectivity index (χ4v) is 11.7. The largest absolute Gasteiger partial charge is 0.390 e. The summed E-state index contributed by atoms with van der Waals surface area (Å²) in [4.78, 5) is 49.6. The standard InChI is InChI=1S/C36H45F2N3O3.C27H37F2N3O2.C9H9ClO.2CH4/c1-25(42)40-32(20-27-18-30(37)22-31(38)19-27)33(43)23-39-36(29-13-8-12-28(21-29)35(2,3)4)16-9-17-41(24-36)34(44)15-14-26-10-6-5-7-11-26;1-18(33)32-24(13-19-11-22(28)15-23(29)12-19)25(34)16-31-27(9-6-10-30-17-27)21-8-5-7-20(14-21)26(2,3)4;10-9(11)7-6-8-4-2-1-3-5-8;;/h5-8,10-13,18-19,21-22,32-33,39,43H,9,14-17,20,23-24H2,1-4H3,(H,40,42);5,7-8,11-12,14-15,24-25,30-31,34H,6,9-10,13,16-17H2,1-4H3,(H,32,33);1-5H,6-7H2;2*1H4. The van der Waals surface area contributed by atoms with E-state index in [0.717, 1.165) is 78.6 Å². The van der Waals surface area contributed by atoms with E-state index < -0.39 is 53.1 Å². The molecule has 0 spiro atoms. The molecule has 2 saturated heterocycles. The van der Waals surface area contributed by atoms with E-state index in [0.29, 0.717) is 50.0 Å². The molecular weight excluding hydrogens is 1180 g/mol. The summed E-state index contributed by atoms with van der Waals surface area (Å²) in [6, 6.07) is 41.7. The number of aryl methyl sites for hydroxylation is 2. The van der Waals surface area contributed by atoms with Gasteiger partial charge < -0.3 is 41.7 Å². The number of rotatable bonds is 22. The van der Waals surface area contributed by atoms with Crippen LogP contribution in [0.5, 0.6) is 0 Å². The fourth-order valence-electron chi connectivity index (χ4n) is 11.6. The van der Waals surface area contributed by atoms with Gasteiger partial charge in [-0.15, -0.1) is 0 Å². The van der Waals surface area contributed by atoms with Crippen LogP contribution < -0.4 is 26.6 Å². The molecule has 2 heterocycles. The van der Waals surface area contributed by atoms with Gasteiger partial charge in [-0.1, -0.05) is 166 Å². The van der Waals surface area contributed by atoms with Crippen molar-refractivity contribution in [1.29, 1.82) is 0 Å². The molecule has 12 nitrogen and oxygen atoms in total. The van der Waals surface area contributed by atoms with Crippen LogP contribution in [0.25, 0.3) is 0 Å². The van der Waals surface area contributed by atoms with E-state index in [9.17, 15) is 47.0 Å². The fraction of sp³-hybridized carbons (Fsp3) is 0.459. The van der Waals surface area contributed by atoms with Gasteiger partial charge in [0.05, 0.1) is 35.4 Å². The van der Waals surface area contributed by atoms with E-state index in [1.165, 1.54) is 43.7 Å². The number of nitrogens with zero attached hydrogens (tertiary/aromatic N) is 1. The van der Waals surface area contributed by atoms with E-state index in [-0.39, 0.29) is 80.1 Å². The normalized spacial score (nSPS) is 17.8. The number of amides is 3. The monoisotopic (exact) mass is 1280 g/mol. The lowest BCUT2D eigenvalue weighted by Gasteiger charge is -2.45. The second-order valence-corrected chi connectivity index (χ2v) is 26.2. The van der Waals surface area contributed by atoms with E-state index in [1.807, 2.05) is 71.6 Å². The van der Waals surface area contributed by atoms with Crippen molar-refractivity contribution in [3.05, 3.63) is 213 Å². The SMILES string of the molecule is C.C.CC(=O)NC(Cc1cc(F)cc(F)c1)C(O)CNC1(c2cccc(C(C)(C)C)c2)CCCN(C(=O)CCc2ccccc2)C1.CC(=O)NC(Cc1cc(F)cc(F)c1)C(O)CNC1(c2cccc(C(C)(C)C)c2)CCCNC1.O=C(Cl)CCc1ccccc1. The average Bonchev–Trinajstić information content (AvgIpc) is 1.02. The highest BCUT2D eigenvalue weighted by molar-refractivity contribution is 6.63. The molecule has 8 rings (SSSR count). The van der Waals surface area contributed by atoms with Gasteiger partial charge in [-0.3, -0.25) is 19.2 Å². The van der Waals surface area contributed by atoms with Crippen molar-refractivity contribution >= 4 is 34.6 Å². The van der Waals surface area contributed by atoms with E-state index in [4.69, 9.17) is 11.6 Å². The molecule has 0 aliphatic carbocycles. The van der Waals surface area contributed by atoms with Gasteiger partial charge in [0.25, 0.3) is 0 Å². The molecule has 6 aromatic rings. The Kier molecular flexibility index (Phi) is 30.2. The van der Waals surface area contributed by atoms with Crippen molar-refractivity contribution in [2.24, 2.45) is 0 Å². The number of aliphatic hydroxyl groups excluding tert-OH is 2. The molecular formula is C74H99ClF4N6O6. The van der Waals surface area contributed by atoms with Crippen LogP contribution in [0.3, 0.4) is 0 Å². The van der Waals surface area contributed by atoms with Gasteiger partial charge in [0.15, 0.2) is 0 Å². The third-order valence-electron chi connectivity index (χ3n) is 16.5. The summed E-state index contributed by atoms with van der Waals surface area (Å²) in [5, 5.41) is 38.3. The molecule has 6 atom stereocenters. The number of benzene rings is 6. The number of aliphatic hydroxyl groups is 2. The summed E-state index contributed by atoms with van der Waals surface area (Å²) in [6.45, 7) is 18.8.